The molecule has 0 aliphatic rings. The van der Waals surface area contributed by atoms with E-state index in [1.807, 2.05) is 6.92 Å². The highest BCUT2D eigenvalue weighted by atomic mass is 79.9. The third-order valence-corrected chi connectivity index (χ3v) is 6.10. The predicted molar refractivity (Wildman–Crippen MR) is 76.3 cm³/mol. The molecule has 1 heterocycles. The Balaban J connectivity index is 3.39. The summed E-state index contributed by atoms with van der Waals surface area (Å²) in [6.45, 7) is 6.12. The van der Waals surface area contributed by atoms with Crippen LogP contribution in [0.1, 0.15) is 32.5 Å². The third-order valence-electron chi connectivity index (χ3n) is 3.35. The molecule has 0 saturated heterocycles. The van der Waals surface area contributed by atoms with Gasteiger partial charge in [-0.1, -0.05) is 0 Å². The molecule has 5 nitrogen and oxygen atoms in total. The molecule has 0 radical (unpaired) electrons. The fraction of sp³-hybridized carbons (Fsp3) is 0.727. The summed E-state index contributed by atoms with van der Waals surface area (Å²) in [5.41, 5.74) is 0.857. The van der Waals surface area contributed by atoms with Gasteiger partial charge in [0.15, 0.2) is 9.84 Å². The van der Waals surface area contributed by atoms with E-state index < -0.39 is 14.6 Å². The van der Waals surface area contributed by atoms with Crippen molar-refractivity contribution in [2.75, 3.05) is 13.3 Å². The molecule has 0 bridgehead atoms. The van der Waals surface area contributed by atoms with E-state index in [0.717, 1.165) is 10.2 Å². The maximum Gasteiger partial charge on any atom is 0.154 e. The average molecular weight is 338 g/mol. The molecule has 0 aromatic carbocycles. The Morgan fingerprint density at radius 3 is 2.50 bits per heavy atom. The van der Waals surface area contributed by atoms with Gasteiger partial charge in [-0.25, -0.2) is 8.42 Å². The Morgan fingerprint density at radius 1 is 1.56 bits per heavy atom. The summed E-state index contributed by atoms with van der Waals surface area (Å²) in [6.07, 6.45) is 2.96. The van der Waals surface area contributed by atoms with E-state index in [-0.39, 0.29) is 6.04 Å². The zero-order chi connectivity index (χ0) is 14.1. The Hall–Kier alpha value is -0.400. The third kappa shape index (κ3) is 2.62. The van der Waals surface area contributed by atoms with Crippen LogP contribution in [0.25, 0.3) is 0 Å². The number of rotatable bonds is 5. The van der Waals surface area contributed by atoms with Gasteiger partial charge < -0.3 is 5.32 Å². The topological polar surface area (TPSA) is 64.0 Å². The van der Waals surface area contributed by atoms with E-state index in [9.17, 15) is 8.42 Å². The molecule has 104 valence electrons. The average Bonchev–Trinajstić information content (AvgIpc) is 2.60. The molecule has 18 heavy (non-hydrogen) atoms. The number of nitrogens with one attached hydrogen (secondary N) is 1. The summed E-state index contributed by atoms with van der Waals surface area (Å²) >= 11 is 3.44. The minimum absolute atomic E-state index is 0.329. The van der Waals surface area contributed by atoms with Gasteiger partial charge in [0.25, 0.3) is 0 Å². The molecule has 1 N–H and O–H groups in total. The van der Waals surface area contributed by atoms with Gasteiger partial charge in [0, 0.05) is 12.8 Å². The lowest BCUT2D eigenvalue weighted by molar-refractivity contribution is 0.415. The van der Waals surface area contributed by atoms with Crippen molar-refractivity contribution >= 4 is 25.8 Å². The first-order chi connectivity index (χ1) is 8.16. The van der Waals surface area contributed by atoms with Crippen LogP contribution in [0.3, 0.4) is 0 Å². The first-order valence-corrected chi connectivity index (χ1v) is 8.43. The summed E-state index contributed by atoms with van der Waals surface area (Å²) < 4.78 is 25.7. The Kier molecular flexibility index (Phi) is 4.61. The minimum Gasteiger partial charge on any atom is -0.310 e. The number of hydrogen-bond donors (Lipinski definition) is 1. The molecule has 0 amide bonds. The maximum absolute atomic E-state index is 12.0. The van der Waals surface area contributed by atoms with Gasteiger partial charge in [-0.05, 0) is 43.7 Å². The maximum atomic E-state index is 12.0. The molecular weight excluding hydrogens is 318 g/mol. The van der Waals surface area contributed by atoms with Crippen LogP contribution in [0, 0.1) is 0 Å². The lowest BCUT2D eigenvalue weighted by Gasteiger charge is -2.33. The van der Waals surface area contributed by atoms with Crippen LogP contribution in [0.5, 0.6) is 0 Å². The van der Waals surface area contributed by atoms with Crippen molar-refractivity contribution in [3.05, 3.63) is 16.4 Å². The zero-order valence-electron chi connectivity index (χ0n) is 11.4. The fourth-order valence-electron chi connectivity index (χ4n) is 1.94. The van der Waals surface area contributed by atoms with E-state index in [1.54, 1.807) is 31.8 Å². The van der Waals surface area contributed by atoms with E-state index in [4.69, 9.17) is 0 Å². The molecule has 0 fully saturated rings. The van der Waals surface area contributed by atoms with Crippen LogP contribution in [-0.4, -0.2) is 36.2 Å². The smallest absolute Gasteiger partial charge is 0.154 e. The van der Waals surface area contributed by atoms with Crippen molar-refractivity contribution in [3.63, 3.8) is 0 Å². The zero-order valence-corrected chi connectivity index (χ0v) is 13.8. The van der Waals surface area contributed by atoms with Gasteiger partial charge in [0.05, 0.1) is 27.2 Å². The van der Waals surface area contributed by atoms with Gasteiger partial charge in [-0.15, -0.1) is 0 Å². The van der Waals surface area contributed by atoms with Crippen LogP contribution in [0.2, 0.25) is 0 Å². The SMILES string of the molecule is CCn1ncc(Br)c1C(NC)C(C)(C)S(C)(=O)=O. The molecule has 1 unspecified atom stereocenters. The highest BCUT2D eigenvalue weighted by Crippen LogP contribution is 2.35. The quantitative estimate of drug-likeness (QED) is 0.888. The molecule has 0 aliphatic carbocycles. The highest BCUT2D eigenvalue weighted by molar-refractivity contribution is 9.10. The second-order valence-corrected chi connectivity index (χ2v) is 8.24. The van der Waals surface area contributed by atoms with Crippen LogP contribution >= 0.6 is 15.9 Å². The van der Waals surface area contributed by atoms with Crippen LogP contribution in [0.4, 0.5) is 0 Å². The predicted octanol–water partition coefficient (Wildman–Crippen LogP) is 1.75. The van der Waals surface area contributed by atoms with Crippen molar-refractivity contribution in [2.45, 2.75) is 38.1 Å². The van der Waals surface area contributed by atoms with E-state index in [0.29, 0.717) is 6.54 Å². The highest BCUT2D eigenvalue weighted by Gasteiger charge is 2.41. The van der Waals surface area contributed by atoms with Crippen molar-refractivity contribution in [2.24, 2.45) is 0 Å². The second-order valence-electron chi connectivity index (χ2n) is 4.79. The van der Waals surface area contributed by atoms with Crippen molar-refractivity contribution in [1.82, 2.24) is 15.1 Å². The molecule has 1 aromatic heterocycles. The number of halogens is 1. The lowest BCUT2D eigenvalue weighted by Crippen LogP contribution is -2.44. The Bertz CT molecular complexity index is 522. The first-order valence-electron chi connectivity index (χ1n) is 5.74. The molecular formula is C11H20BrN3O2S. The molecule has 0 spiro atoms. The monoisotopic (exact) mass is 337 g/mol. The van der Waals surface area contributed by atoms with Crippen LogP contribution in [-0.2, 0) is 16.4 Å². The lowest BCUT2D eigenvalue weighted by atomic mass is 10.00. The van der Waals surface area contributed by atoms with Crippen molar-refractivity contribution in [3.8, 4) is 0 Å². The van der Waals surface area contributed by atoms with E-state index in [2.05, 4.69) is 26.3 Å². The number of sulfone groups is 1. The first kappa shape index (κ1) is 15.7. The fourth-order valence-corrected chi connectivity index (χ4v) is 3.12. The largest absolute Gasteiger partial charge is 0.310 e. The number of aromatic nitrogens is 2. The summed E-state index contributed by atoms with van der Waals surface area (Å²) in [4.78, 5) is 0. The number of hydrogen-bond acceptors (Lipinski definition) is 4. The second kappa shape index (κ2) is 5.30. The number of nitrogens with zero attached hydrogens (tertiary/aromatic N) is 2. The van der Waals surface area contributed by atoms with Crippen LogP contribution in [0.15, 0.2) is 10.7 Å². The van der Waals surface area contributed by atoms with Crippen molar-refractivity contribution in [1.29, 1.82) is 0 Å². The standard InChI is InChI=1S/C11H20BrN3O2S/c1-6-15-9(8(12)7-14-15)10(13-4)11(2,3)18(5,16)17/h7,10,13H,6H2,1-5H3. The molecule has 0 saturated carbocycles. The van der Waals surface area contributed by atoms with Gasteiger partial charge >= 0.3 is 0 Å². The molecule has 1 atom stereocenters. The summed E-state index contributed by atoms with van der Waals surface area (Å²) in [5.74, 6) is 0. The van der Waals surface area contributed by atoms with Crippen molar-refractivity contribution < 1.29 is 8.42 Å². The Morgan fingerprint density at radius 2 is 2.11 bits per heavy atom. The minimum atomic E-state index is -3.21. The van der Waals surface area contributed by atoms with E-state index in [1.165, 1.54) is 6.26 Å². The van der Waals surface area contributed by atoms with E-state index >= 15 is 0 Å². The summed E-state index contributed by atoms with van der Waals surface area (Å²) in [6, 6.07) is -0.329. The normalized spacial score (nSPS) is 14.8. The molecule has 7 heteroatoms. The molecule has 1 rings (SSSR count). The van der Waals surface area contributed by atoms with Gasteiger partial charge in [0.2, 0.25) is 0 Å². The number of aryl methyl sites for hydroxylation is 1. The Labute approximate surface area is 117 Å². The molecule has 0 aliphatic heterocycles. The molecule has 1 aromatic rings. The van der Waals surface area contributed by atoms with Gasteiger partial charge in [0.1, 0.15) is 0 Å². The van der Waals surface area contributed by atoms with Gasteiger partial charge in [-0.3, -0.25) is 4.68 Å². The summed E-state index contributed by atoms with van der Waals surface area (Å²) in [5, 5.41) is 7.33. The van der Waals surface area contributed by atoms with Gasteiger partial charge in [-0.2, -0.15) is 5.10 Å². The summed E-state index contributed by atoms with van der Waals surface area (Å²) in [7, 11) is -1.44. The van der Waals surface area contributed by atoms with Crippen LogP contribution < -0.4 is 5.32 Å².